The highest BCUT2D eigenvalue weighted by Gasteiger charge is 2.18. The number of nitro benzene ring substituents is 1. The van der Waals surface area contributed by atoms with Crippen molar-refractivity contribution in [1.29, 1.82) is 0 Å². The minimum absolute atomic E-state index is 0.00455. The van der Waals surface area contributed by atoms with Gasteiger partial charge in [0.2, 0.25) is 0 Å². The van der Waals surface area contributed by atoms with Crippen LogP contribution in [0.5, 0.6) is 5.75 Å². The van der Waals surface area contributed by atoms with Gasteiger partial charge in [-0.15, -0.1) is 0 Å². The SMILES string of the molecule is CC[C@@H](C)c1nc2ccc(Br)cc2c(=O)n1N=Cc1ccc(OCc2ccccc2F)c([N+](=O)[O-])c1. The minimum Gasteiger partial charge on any atom is -0.482 e. The molecule has 0 aliphatic carbocycles. The number of hydrogen-bond donors (Lipinski definition) is 0. The lowest BCUT2D eigenvalue weighted by molar-refractivity contribution is -0.386. The molecule has 1 heterocycles. The predicted octanol–water partition coefficient (Wildman–Crippen LogP) is 6.18. The molecule has 1 aromatic heterocycles. The quantitative estimate of drug-likeness (QED) is 0.147. The highest BCUT2D eigenvalue weighted by molar-refractivity contribution is 9.10. The largest absolute Gasteiger partial charge is 0.482 e. The Kier molecular flexibility index (Phi) is 7.54. The van der Waals surface area contributed by atoms with Gasteiger partial charge in [0, 0.05) is 27.6 Å². The molecule has 184 valence electrons. The summed E-state index contributed by atoms with van der Waals surface area (Å²) in [6, 6.07) is 15.6. The molecule has 4 aromatic rings. The van der Waals surface area contributed by atoms with Crippen LogP contribution in [0.15, 0.2) is 75.0 Å². The van der Waals surface area contributed by atoms with Crippen molar-refractivity contribution in [3.8, 4) is 5.75 Å². The van der Waals surface area contributed by atoms with Gasteiger partial charge in [0.1, 0.15) is 18.2 Å². The third-order valence-corrected chi connectivity index (χ3v) is 6.22. The Morgan fingerprint density at radius 1 is 1.22 bits per heavy atom. The fraction of sp³-hybridized carbons (Fsp3) is 0.192. The van der Waals surface area contributed by atoms with Gasteiger partial charge >= 0.3 is 5.69 Å². The third kappa shape index (κ3) is 5.33. The Labute approximate surface area is 214 Å². The van der Waals surface area contributed by atoms with Gasteiger partial charge < -0.3 is 4.74 Å². The Hall–Kier alpha value is -3.92. The topological polar surface area (TPSA) is 99.6 Å². The zero-order valence-electron chi connectivity index (χ0n) is 19.5. The second-order valence-corrected chi connectivity index (χ2v) is 9.08. The highest BCUT2D eigenvalue weighted by Crippen LogP contribution is 2.29. The van der Waals surface area contributed by atoms with Crippen molar-refractivity contribution in [1.82, 2.24) is 9.66 Å². The summed E-state index contributed by atoms with van der Waals surface area (Å²) in [4.78, 5) is 29.0. The lowest BCUT2D eigenvalue weighted by Crippen LogP contribution is -2.23. The van der Waals surface area contributed by atoms with E-state index < -0.39 is 10.7 Å². The Bertz CT molecular complexity index is 1540. The fourth-order valence-electron chi connectivity index (χ4n) is 3.55. The van der Waals surface area contributed by atoms with E-state index in [1.54, 1.807) is 36.4 Å². The van der Waals surface area contributed by atoms with Crippen molar-refractivity contribution < 1.29 is 14.1 Å². The third-order valence-electron chi connectivity index (χ3n) is 5.73. The second-order valence-electron chi connectivity index (χ2n) is 8.17. The summed E-state index contributed by atoms with van der Waals surface area (Å²) < 4.78 is 21.4. The fourth-order valence-corrected chi connectivity index (χ4v) is 3.91. The van der Waals surface area contributed by atoms with Gasteiger partial charge in [-0.2, -0.15) is 9.78 Å². The van der Waals surface area contributed by atoms with Crippen molar-refractivity contribution in [2.45, 2.75) is 32.8 Å². The Morgan fingerprint density at radius 3 is 2.72 bits per heavy atom. The molecule has 0 amide bonds. The molecule has 8 nitrogen and oxygen atoms in total. The first-order chi connectivity index (χ1) is 17.3. The van der Waals surface area contributed by atoms with E-state index in [4.69, 9.17) is 4.74 Å². The normalized spacial score (nSPS) is 12.2. The maximum Gasteiger partial charge on any atom is 0.311 e. The van der Waals surface area contributed by atoms with Crippen LogP contribution in [-0.2, 0) is 6.61 Å². The number of nitro groups is 1. The first-order valence-electron chi connectivity index (χ1n) is 11.2. The van der Waals surface area contributed by atoms with Gasteiger partial charge in [-0.05, 0) is 42.8 Å². The number of fused-ring (bicyclic) bond motifs is 1. The lowest BCUT2D eigenvalue weighted by atomic mass is 10.1. The summed E-state index contributed by atoms with van der Waals surface area (Å²) in [7, 11) is 0. The van der Waals surface area contributed by atoms with E-state index in [0.717, 1.165) is 10.9 Å². The van der Waals surface area contributed by atoms with Crippen molar-refractivity contribution in [2.24, 2.45) is 5.10 Å². The molecule has 4 rings (SSSR count). The van der Waals surface area contributed by atoms with Crippen LogP contribution in [0.25, 0.3) is 10.9 Å². The maximum atomic E-state index is 13.9. The summed E-state index contributed by atoms with van der Waals surface area (Å²) in [6.45, 7) is 3.78. The number of aromatic nitrogens is 2. The molecule has 0 aliphatic rings. The van der Waals surface area contributed by atoms with Crippen LogP contribution in [0, 0.1) is 15.9 Å². The minimum atomic E-state index is -0.583. The first-order valence-corrected chi connectivity index (χ1v) is 12.0. The lowest BCUT2D eigenvalue weighted by Gasteiger charge is -2.14. The van der Waals surface area contributed by atoms with E-state index in [-0.39, 0.29) is 35.1 Å². The van der Waals surface area contributed by atoms with Gasteiger partial charge in [-0.25, -0.2) is 9.37 Å². The molecule has 0 bridgehead atoms. The maximum absolute atomic E-state index is 13.9. The van der Waals surface area contributed by atoms with Crippen LogP contribution in [-0.4, -0.2) is 20.8 Å². The van der Waals surface area contributed by atoms with Gasteiger partial charge in [0.05, 0.1) is 22.0 Å². The van der Waals surface area contributed by atoms with Crippen molar-refractivity contribution in [3.63, 3.8) is 0 Å². The molecule has 0 saturated carbocycles. The van der Waals surface area contributed by atoms with E-state index in [1.807, 2.05) is 19.9 Å². The number of nitrogens with zero attached hydrogens (tertiary/aromatic N) is 4. The molecule has 0 radical (unpaired) electrons. The van der Waals surface area contributed by atoms with Crippen molar-refractivity contribution >= 4 is 38.7 Å². The van der Waals surface area contributed by atoms with Gasteiger partial charge in [-0.1, -0.05) is 48.0 Å². The second kappa shape index (κ2) is 10.8. The summed E-state index contributed by atoms with van der Waals surface area (Å²) >= 11 is 3.38. The van der Waals surface area contributed by atoms with E-state index in [0.29, 0.717) is 22.3 Å². The van der Waals surface area contributed by atoms with Crippen LogP contribution in [0.3, 0.4) is 0 Å². The summed E-state index contributed by atoms with van der Waals surface area (Å²) in [5.41, 5.74) is 0.593. The highest BCUT2D eigenvalue weighted by atomic mass is 79.9. The molecule has 10 heteroatoms. The molecule has 0 N–H and O–H groups in total. The van der Waals surface area contributed by atoms with Crippen molar-refractivity contribution in [3.05, 3.63) is 108 Å². The van der Waals surface area contributed by atoms with Crippen LogP contribution in [0.4, 0.5) is 10.1 Å². The molecule has 36 heavy (non-hydrogen) atoms. The van der Waals surface area contributed by atoms with Crippen molar-refractivity contribution in [2.75, 3.05) is 0 Å². The molecule has 0 unspecified atom stereocenters. The van der Waals surface area contributed by atoms with E-state index >= 15 is 0 Å². The van der Waals surface area contributed by atoms with Crippen LogP contribution in [0.1, 0.15) is 43.1 Å². The molecular formula is C26H22BrFN4O4. The number of halogens is 2. The molecule has 0 fully saturated rings. The predicted molar refractivity (Wildman–Crippen MR) is 139 cm³/mol. The molecule has 3 aromatic carbocycles. The van der Waals surface area contributed by atoms with Crippen LogP contribution < -0.4 is 10.3 Å². The number of benzene rings is 3. The van der Waals surface area contributed by atoms with Gasteiger partial charge in [0.15, 0.2) is 5.75 Å². The number of hydrogen-bond acceptors (Lipinski definition) is 6. The average Bonchev–Trinajstić information content (AvgIpc) is 2.87. The van der Waals surface area contributed by atoms with E-state index in [1.165, 1.54) is 29.1 Å². The molecule has 0 saturated heterocycles. The van der Waals surface area contributed by atoms with E-state index in [2.05, 4.69) is 26.0 Å². The summed E-state index contributed by atoms with van der Waals surface area (Å²) in [5, 5.41) is 16.4. The van der Waals surface area contributed by atoms with Crippen LogP contribution in [0.2, 0.25) is 0 Å². The molecule has 1 atom stereocenters. The van der Waals surface area contributed by atoms with Crippen LogP contribution >= 0.6 is 15.9 Å². The Morgan fingerprint density at radius 2 is 2.00 bits per heavy atom. The summed E-state index contributed by atoms with van der Waals surface area (Å²) in [5.74, 6) is -0.0168. The molecular weight excluding hydrogens is 531 g/mol. The molecule has 0 aliphatic heterocycles. The average molecular weight is 553 g/mol. The zero-order valence-corrected chi connectivity index (χ0v) is 21.1. The monoisotopic (exact) mass is 552 g/mol. The standard InChI is InChI=1S/C26H22BrFN4O4/c1-3-16(2)25-30-22-10-9-19(27)13-20(22)26(33)31(25)29-14-17-8-11-24(23(12-17)32(34)35)36-15-18-6-4-5-7-21(18)28/h4-14,16H,3,15H2,1-2H3/t16-/m1/s1. The van der Waals surface area contributed by atoms with Gasteiger partial charge in [0.25, 0.3) is 5.56 Å². The molecule has 0 spiro atoms. The first kappa shape index (κ1) is 25.2. The smallest absolute Gasteiger partial charge is 0.311 e. The Balaban J connectivity index is 1.70. The van der Waals surface area contributed by atoms with Gasteiger partial charge in [-0.3, -0.25) is 14.9 Å². The van der Waals surface area contributed by atoms with E-state index in [9.17, 15) is 19.3 Å². The zero-order chi connectivity index (χ0) is 25.8. The number of rotatable bonds is 8. The number of ether oxygens (including phenoxy) is 1. The summed E-state index contributed by atoms with van der Waals surface area (Å²) in [6.07, 6.45) is 2.11.